The number of aromatic nitrogens is 2. The highest BCUT2D eigenvalue weighted by Gasteiger charge is 2.17. The average Bonchev–Trinajstić information content (AvgIpc) is 2.96. The highest BCUT2D eigenvalue weighted by molar-refractivity contribution is 6.13. The Balaban J connectivity index is 1.46. The lowest BCUT2D eigenvalue weighted by atomic mass is 9.99. The van der Waals surface area contributed by atoms with Gasteiger partial charge in [0.25, 0.3) is 11.8 Å². The molecule has 0 atom stereocenters. The van der Waals surface area contributed by atoms with Crippen molar-refractivity contribution in [3.8, 4) is 11.3 Å². The Morgan fingerprint density at radius 2 is 1.78 bits per heavy atom. The molecule has 0 fully saturated rings. The molecule has 7 heteroatoms. The molecule has 0 unspecified atom stereocenters. The molecule has 0 aliphatic heterocycles. The van der Waals surface area contributed by atoms with E-state index in [2.05, 4.69) is 21.7 Å². The van der Waals surface area contributed by atoms with Crippen LogP contribution in [0.5, 0.6) is 0 Å². The van der Waals surface area contributed by atoms with Gasteiger partial charge in [-0.3, -0.25) is 14.6 Å². The van der Waals surface area contributed by atoms with Gasteiger partial charge in [0.05, 0.1) is 23.0 Å². The number of anilines is 1. The predicted octanol–water partition coefficient (Wildman–Crippen LogP) is 7.52. The number of allylic oxidation sites excluding steroid dienone is 3. The third-order valence-electron chi connectivity index (χ3n) is 6.63. The van der Waals surface area contributed by atoms with Gasteiger partial charge in [-0.05, 0) is 101 Å². The summed E-state index contributed by atoms with van der Waals surface area (Å²) in [6.45, 7) is 10.5. The molecule has 41 heavy (non-hydrogen) atoms. The van der Waals surface area contributed by atoms with Gasteiger partial charge in [-0.15, -0.1) is 0 Å². The monoisotopic (exact) mass is 548 g/mol. The summed E-state index contributed by atoms with van der Waals surface area (Å²) in [5.74, 6) is 0.500. The molecule has 2 N–H and O–H groups in total. The summed E-state index contributed by atoms with van der Waals surface area (Å²) in [4.78, 5) is 35.3. The van der Waals surface area contributed by atoms with Crippen LogP contribution in [0.25, 0.3) is 22.2 Å². The highest BCUT2D eigenvalue weighted by atomic mass is 16.5. The number of ether oxygens (including phenoxy) is 1. The van der Waals surface area contributed by atoms with E-state index in [9.17, 15) is 9.59 Å². The van der Waals surface area contributed by atoms with Crippen molar-refractivity contribution in [1.82, 2.24) is 15.3 Å². The van der Waals surface area contributed by atoms with Crippen molar-refractivity contribution in [3.63, 3.8) is 0 Å². The second-order valence-electron chi connectivity index (χ2n) is 10.2. The Kier molecular flexibility index (Phi) is 9.64. The Morgan fingerprint density at radius 1 is 1.00 bits per heavy atom. The van der Waals surface area contributed by atoms with Crippen molar-refractivity contribution in [2.75, 3.05) is 11.9 Å². The van der Waals surface area contributed by atoms with E-state index in [1.54, 1.807) is 49.0 Å². The fourth-order valence-electron chi connectivity index (χ4n) is 4.56. The molecule has 0 spiro atoms. The van der Waals surface area contributed by atoms with E-state index >= 15 is 0 Å². The van der Waals surface area contributed by atoms with Gasteiger partial charge in [0.1, 0.15) is 5.76 Å². The first-order chi connectivity index (χ1) is 19.8. The van der Waals surface area contributed by atoms with Gasteiger partial charge in [0.15, 0.2) is 0 Å². The molecule has 0 aliphatic rings. The van der Waals surface area contributed by atoms with Crippen molar-refractivity contribution in [2.24, 2.45) is 0 Å². The first-order valence-electron chi connectivity index (χ1n) is 13.7. The van der Waals surface area contributed by atoms with E-state index in [-0.39, 0.29) is 11.8 Å². The fraction of sp³-hybridized carbons (Fsp3) is 0.235. The summed E-state index contributed by atoms with van der Waals surface area (Å²) in [5.41, 5.74) is 7.10. The highest BCUT2D eigenvalue weighted by Crippen LogP contribution is 2.28. The lowest BCUT2D eigenvalue weighted by molar-refractivity contribution is 0.0952. The Labute approximate surface area is 241 Å². The van der Waals surface area contributed by atoms with E-state index in [0.29, 0.717) is 29.1 Å². The Morgan fingerprint density at radius 3 is 2.46 bits per heavy atom. The van der Waals surface area contributed by atoms with Gasteiger partial charge in [0, 0.05) is 47.6 Å². The van der Waals surface area contributed by atoms with Crippen molar-refractivity contribution in [3.05, 3.63) is 113 Å². The zero-order valence-corrected chi connectivity index (χ0v) is 24.2. The van der Waals surface area contributed by atoms with Crippen LogP contribution in [0.4, 0.5) is 5.69 Å². The zero-order valence-electron chi connectivity index (χ0n) is 24.2. The summed E-state index contributed by atoms with van der Waals surface area (Å²) in [5, 5.41) is 6.73. The summed E-state index contributed by atoms with van der Waals surface area (Å²) in [6.07, 6.45) is 8.46. The number of hydrogen-bond acceptors (Lipinski definition) is 5. The van der Waals surface area contributed by atoms with Gasteiger partial charge in [-0.1, -0.05) is 17.7 Å². The molecule has 0 saturated heterocycles. The maximum Gasteiger partial charge on any atom is 0.256 e. The second kappa shape index (κ2) is 13.5. The summed E-state index contributed by atoms with van der Waals surface area (Å²) >= 11 is 0. The van der Waals surface area contributed by atoms with E-state index in [0.717, 1.165) is 51.8 Å². The number of nitrogens with zero attached hydrogens (tertiary/aromatic N) is 2. The van der Waals surface area contributed by atoms with Crippen LogP contribution in [0.2, 0.25) is 0 Å². The molecular formula is C34H36N4O3. The minimum Gasteiger partial charge on any atom is -0.470 e. The fourth-order valence-corrected chi connectivity index (χ4v) is 4.56. The SMILES string of the molecule is C/C=C\OC(CCCNC(=O)c1ccc(NC(=O)c2cc(-c3cccnc3)nc3c(C)cc(C)cc23)cc1)=C(C)C. The van der Waals surface area contributed by atoms with E-state index < -0.39 is 0 Å². The molecule has 2 heterocycles. The summed E-state index contributed by atoms with van der Waals surface area (Å²) in [6, 6.07) is 16.5. The number of carbonyl (C=O) groups excluding carboxylic acids is 2. The first kappa shape index (κ1) is 29.2. The molecule has 2 aromatic carbocycles. The molecule has 0 radical (unpaired) electrons. The van der Waals surface area contributed by atoms with E-state index in [1.807, 2.05) is 58.9 Å². The van der Waals surface area contributed by atoms with Gasteiger partial charge >= 0.3 is 0 Å². The molecule has 0 aliphatic carbocycles. The van der Waals surface area contributed by atoms with Gasteiger partial charge in [0.2, 0.25) is 0 Å². The van der Waals surface area contributed by atoms with Crippen molar-refractivity contribution < 1.29 is 14.3 Å². The quantitative estimate of drug-likeness (QED) is 0.158. The number of hydrogen-bond donors (Lipinski definition) is 2. The van der Waals surface area contributed by atoms with Gasteiger partial charge < -0.3 is 15.4 Å². The number of amides is 2. The minimum absolute atomic E-state index is 0.164. The van der Waals surface area contributed by atoms with Crippen molar-refractivity contribution in [1.29, 1.82) is 0 Å². The Bertz CT molecular complexity index is 1600. The number of pyridine rings is 2. The number of carbonyl (C=O) groups is 2. The summed E-state index contributed by atoms with van der Waals surface area (Å²) < 4.78 is 5.63. The van der Waals surface area contributed by atoms with Crippen LogP contribution in [0.15, 0.2) is 90.7 Å². The largest absolute Gasteiger partial charge is 0.470 e. The van der Waals surface area contributed by atoms with Crippen LogP contribution in [0.1, 0.15) is 65.5 Å². The molecule has 4 rings (SSSR count). The van der Waals surface area contributed by atoms with Crippen molar-refractivity contribution >= 4 is 28.4 Å². The van der Waals surface area contributed by atoms with Crippen LogP contribution in [-0.4, -0.2) is 28.3 Å². The van der Waals surface area contributed by atoms with Crippen LogP contribution in [0, 0.1) is 13.8 Å². The third-order valence-corrected chi connectivity index (χ3v) is 6.63. The smallest absolute Gasteiger partial charge is 0.256 e. The van der Waals surface area contributed by atoms with Crippen LogP contribution >= 0.6 is 0 Å². The summed E-state index contributed by atoms with van der Waals surface area (Å²) in [7, 11) is 0. The number of aryl methyl sites for hydroxylation is 2. The van der Waals surface area contributed by atoms with E-state index in [1.165, 1.54) is 0 Å². The molecule has 0 saturated carbocycles. The number of nitrogens with one attached hydrogen (secondary N) is 2. The molecule has 4 aromatic rings. The number of benzene rings is 2. The topological polar surface area (TPSA) is 93.2 Å². The number of rotatable bonds is 10. The van der Waals surface area contributed by atoms with Gasteiger partial charge in [-0.2, -0.15) is 0 Å². The van der Waals surface area contributed by atoms with Gasteiger partial charge in [-0.25, -0.2) is 4.98 Å². The molecule has 2 amide bonds. The normalized spacial score (nSPS) is 11.0. The molecule has 210 valence electrons. The first-order valence-corrected chi connectivity index (χ1v) is 13.7. The van der Waals surface area contributed by atoms with Crippen LogP contribution in [-0.2, 0) is 4.74 Å². The molecule has 7 nitrogen and oxygen atoms in total. The minimum atomic E-state index is -0.250. The number of fused-ring (bicyclic) bond motifs is 1. The molecule has 0 bridgehead atoms. The maximum atomic E-state index is 13.5. The lowest BCUT2D eigenvalue weighted by Crippen LogP contribution is -2.24. The van der Waals surface area contributed by atoms with Crippen LogP contribution in [0.3, 0.4) is 0 Å². The molecular weight excluding hydrogens is 512 g/mol. The Hall–Kier alpha value is -4.78. The lowest BCUT2D eigenvalue weighted by Gasteiger charge is -2.13. The van der Waals surface area contributed by atoms with Crippen molar-refractivity contribution in [2.45, 2.75) is 47.5 Å². The average molecular weight is 549 g/mol. The predicted molar refractivity (Wildman–Crippen MR) is 165 cm³/mol. The zero-order chi connectivity index (χ0) is 29.4. The van der Waals surface area contributed by atoms with Crippen LogP contribution < -0.4 is 10.6 Å². The second-order valence-corrected chi connectivity index (χ2v) is 10.2. The molecule has 2 aromatic heterocycles. The third kappa shape index (κ3) is 7.45. The standard InChI is InChI=1S/C34H36N4O3/c1-6-17-41-31(22(2)3)10-8-16-36-33(39)25-11-13-27(14-12-25)37-34(40)29-20-30(26-9-7-15-35-21-26)38-32-24(5)18-23(4)19-28(29)32/h6-7,9,11-15,17-21H,8,10,16H2,1-5H3,(H,36,39)(H,37,40)/b17-6-. The van der Waals surface area contributed by atoms with E-state index in [4.69, 9.17) is 9.72 Å². The maximum absolute atomic E-state index is 13.5.